The number of anilines is 1. The molecule has 35 heavy (non-hydrogen) atoms. The normalized spacial score (nSPS) is 13.3. The summed E-state index contributed by atoms with van der Waals surface area (Å²) in [4.78, 5) is 14.7. The standard InChI is InChI=1S/C24H30FN3O5S.BrH/c1-24(2,3)16-10-14(8-9-17(16)27(4)34(7,30)31)18(29)13-28-12-15-11-19(32-5)22(33-6)21(25)20(15)23(28)26;/h8-11,26H,12-13H2,1-7H3;1H. The number of Topliss-reactive ketones (excluding diaryl/α,β-unsaturated/α-hetero) is 1. The van der Waals surface area contributed by atoms with Gasteiger partial charge in [-0.15, -0.1) is 17.0 Å². The predicted octanol–water partition coefficient (Wildman–Crippen LogP) is 4.14. The van der Waals surface area contributed by atoms with Crippen molar-refractivity contribution < 1.29 is 27.1 Å². The van der Waals surface area contributed by atoms with E-state index >= 15 is 0 Å². The zero-order valence-corrected chi connectivity index (χ0v) is 23.4. The Kier molecular flexibility index (Phi) is 8.28. The van der Waals surface area contributed by atoms with Crippen molar-refractivity contribution in [1.82, 2.24) is 4.90 Å². The molecule has 1 aliphatic rings. The van der Waals surface area contributed by atoms with Crippen LogP contribution in [0.4, 0.5) is 10.1 Å². The Labute approximate surface area is 216 Å². The summed E-state index contributed by atoms with van der Waals surface area (Å²) < 4.78 is 50.7. The number of amidine groups is 1. The Morgan fingerprint density at radius 2 is 1.83 bits per heavy atom. The van der Waals surface area contributed by atoms with Crippen LogP contribution in [0.2, 0.25) is 0 Å². The predicted molar refractivity (Wildman–Crippen MR) is 140 cm³/mol. The third-order valence-electron chi connectivity index (χ3n) is 5.91. The monoisotopic (exact) mass is 571 g/mol. The lowest BCUT2D eigenvalue weighted by molar-refractivity contribution is 0.0962. The maximum atomic E-state index is 15.0. The van der Waals surface area contributed by atoms with E-state index in [1.807, 2.05) is 20.8 Å². The van der Waals surface area contributed by atoms with Gasteiger partial charge in [0.25, 0.3) is 0 Å². The van der Waals surface area contributed by atoms with Crippen LogP contribution < -0.4 is 13.8 Å². The second-order valence-electron chi connectivity index (χ2n) is 9.30. The number of hydrogen-bond donors (Lipinski definition) is 1. The first kappa shape index (κ1) is 28.6. The van der Waals surface area contributed by atoms with Gasteiger partial charge in [0.05, 0.1) is 38.3 Å². The molecule has 0 atom stereocenters. The molecule has 0 fully saturated rings. The SMILES string of the molecule is Br.COc1cc2c(c(F)c1OC)C(=N)N(CC(=O)c1ccc(N(C)S(C)(=O)=O)c(C(C)(C)C)c1)C2. The van der Waals surface area contributed by atoms with Gasteiger partial charge in [0, 0.05) is 19.2 Å². The Morgan fingerprint density at radius 3 is 2.34 bits per heavy atom. The molecule has 0 aliphatic carbocycles. The summed E-state index contributed by atoms with van der Waals surface area (Å²) in [6.45, 7) is 5.85. The number of ketones is 1. The Bertz CT molecular complexity index is 1270. The van der Waals surface area contributed by atoms with Gasteiger partial charge in [0.15, 0.2) is 23.1 Å². The van der Waals surface area contributed by atoms with E-state index in [0.717, 1.165) is 6.26 Å². The number of halogens is 2. The van der Waals surface area contributed by atoms with Gasteiger partial charge in [-0.25, -0.2) is 12.8 Å². The first-order valence-corrected chi connectivity index (χ1v) is 12.4. The van der Waals surface area contributed by atoms with Gasteiger partial charge in [-0.3, -0.25) is 14.5 Å². The molecule has 0 unspecified atom stereocenters. The number of nitrogens with one attached hydrogen (secondary N) is 1. The van der Waals surface area contributed by atoms with Crippen LogP contribution in [0.5, 0.6) is 11.5 Å². The van der Waals surface area contributed by atoms with Crippen LogP contribution >= 0.6 is 17.0 Å². The smallest absolute Gasteiger partial charge is 0.232 e. The Balaban J connectivity index is 0.00000432. The number of nitrogens with zero attached hydrogens (tertiary/aromatic N) is 2. The van der Waals surface area contributed by atoms with Crippen LogP contribution in [0.25, 0.3) is 0 Å². The lowest BCUT2D eigenvalue weighted by atomic mass is 9.84. The number of benzene rings is 2. The highest BCUT2D eigenvalue weighted by molar-refractivity contribution is 8.93. The summed E-state index contributed by atoms with van der Waals surface area (Å²) >= 11 is 0. The van der Waals surface area contributed by atoms with Gasteiger partial charge in [0.1, 0.15) is 5.84 Å². The van der Waals surface area contributed by atoms with Crippen LogP contribution in [0.1, 0.15) is 47.8 Å². The molecule has 11 heteroatoms. The van der Waals surface area contributed by atoms with E-state index in [1.165, 1.54) is 30.5 Å². The summed E-state index contributed by atoms with van der Waals surface area (Å²) in [7, 11) is 0.716. The fourth-order valence-corrected chi connectivity index (χ4v) is 4.50. The molecule has 0 spiro atoms. The first-order valence-electron chi connectivity index (χ1n) is 10.6. The van der Waals surface area contributed by atoms with Crippen molar-refractivity contribution in [3.8, 4) is 11.5 Å². The molecule has 1 aliphatic heterocycles. The molecule has 0 aromatic heterocycles. The van der Waals surface area contributed by atoms with Crippen LogP contribution in [0, 0.1) is 11.2 Å². The largest absolute Gasteiger partial charge is 0.493 e. The van der Waals surface area contributed by atoms with E-state index in [4.69, 9.17) is 14.9 Å². The molecule has 2 aromatic rings. The molecular formula is C24H31BrFN3O5S. The molecule has 8 nitrogen and oxygen atoms in total. The highest BCUT2D eigenvalue weighted by Gasteiger charge is 2.33. The van der Waals surface area contributed by atoms with Gasteiger partial charge in [-0.1, -0.05) is 20.8 Å². The van der Waals surface area contributed by atoms with E-state index in [0.29, 0.717) is 22.4 Å². The summed E-state index contributed by atoms with van der Waals surface area (Å²) in [6.07, 6.45) is 1.12. The van der Waals surface area contributed by atoms with E-state index in [1.54, 1.807) is 24.3 Å². The highest BCUT2D eigenvalue weighted by atomic mass is 79.9. The summed E-state index contributed by atoms with van der Waals surface area (Å²) in [5.41, 5.74) is 1.77. The average molecular weight is 572 g/mol. The van der Waals surface area contributed by atoms with Crippen molar-refractivity contribution in [3.05, 3.63) is 52.3 Å². The molecule has 0 bridgehead atoms. The minimum atomic E-state index is -3.49. The number of hydrogen-bond acceptors (Lipinski definition) is 6. The number of fused-ring (bicyclic) bond motifs is 1. The lowest BCUT2D eigenvalue weighted by Gasteiger charge is -2.28. The van der Waals surface area contributed by atoms with Crippen molar-refractivity contribution in [2.45, 2.75) is 32.7 Å². The minimum Gasteiger partial charge on any atom is -0.493 e. The molecule has 0 saturated carbocycles. The van der Waals surface area contributed by atoms with Gasteiger partial charge < -0.3 is 14.4 Å². The Morgan fingerprint density at radius 1 is 1.20 bits per heavy atom. The molecule has 1 heterocycles. The summed E-state index contributed by atoms with van der Waals surface area (Å²) in [6, 6.07) is 6.50. The number of methoxy groups -OCH3 is 2. The third kappa shape index (κ3) is 5.45. The fourth-order valence-electron chi connectivity index (χ4n) is 3.99. The number of ether oxygens (including phenoxy) is 2. The second kappa shape index (κ2) is 10.1. The van der Waals surface area contributed by atoms with Gasteiger partial charge in [-0.2, -0.15) is 0 Å². The van der Waals surface area contributed by atoms with Crippen molar-refractivity contribution in [2.75, 3.05) is 38.4 Å². The molecule has 192 valence electrons. The summed E-state index contributed by atoms with van der Waals surface area (Å²) in [5.74, 6) is -0.929. The maximum absolute atomic E-state index is 15.0. The molecular weight excluding hydrogens is 541 g/mol. The molecule has 1 N–H and O–H groups in total. The minimum absolute atomic E-state index is 0. The first-order chi connectivity index (χ1) is 15.7. The van der Waals surface area contributed by atoms with E-state index < -0.39 is 21.3 Å². The Hall–Kier alpha value is -2.66. The zero-order valence-electron chi connectivity index (χ0n) is 20.9. The number of rotatable bonds is 7. The fraction of sp³-hybridized carbons (Fsp3) is 0.417. The van der Waals surface area contributed by atoms with Crippen molar-refractivity contribution in [1.29, 1.82) is 5.41 Å². The van der Waals surface area contributed by atoms with Crippen molar-refractivity contribution >= 4 is 44.3 Å². The van der Waals surface area contributed by atoms with Gasteiger partial charge in [-0.05, 0) is 40.8 Å². The van der Waals surface area contributed by atoms with Crippen molar-refractivity contribution in [3.63, 3.8) is 0 Å². The quantitative estimate of drug-likeness (QED) is 0.501. The van der Waals surface area contributed by atoms with Crippen LogP contribution in [0.3, 0.4) is 0 Å². The van der Waals surface area contributed by atoms with E-state index in [-0.39, 0.29) is 58.8 Å². The van der Waals surface area contributed by atoms with Gasteiger partial charge in [0.2, 0.25) is 10.0 Å². The highest BCUT2D eigenvalue weighted by Crippen LogP contribution is 2.39. The molecule has 0 amide bonds. The lowest BCUT2D eigenvalue weighted by Crippen LogP contribution is -2.31. The third-order valence-corrected chi connectivity index (χ3v) is 7.10. The van der Waals surface area contributed by atoms with Crippen LogP contribution in [-0.2, 0) is 22.0 Å². The van der Waals surface area contributed by atoms with Gasteiger partial charge >= 0.3 is 0 Å². The number of sulfonamides is 1. The van der Waals surface area contributed by atoms with E-state index in [2.05, 4.69) is 0 Å². The molecule has 0 saturated heterocycles. The molecule has 3 rings (SSSR count). The maximum Gasteiger partial charge on any atom is 0.232 e. The summed E-state index contributed by atoms with van der Waals surface area (Å²) in [5, 5.41) is 8.45. The topological polar surface area (TPSA) is 100 Å². The van der Waals surface area contributed by atoms with E-state index in [9.17, 15) is 17.6 Å². The van der Waals surface area contributed by atoms with Crippen LogP contribution in [-0.4, -0.2) is 59.0 Å². The average Bonchev–Trinajstić information content (AvgIpc) is 3.06. The van der Waals surface area contributed by atoms with Crippen LogP contribution in [0.15, 0.2) is 24.3 Å². The molecule has 0 radical (unpaired) electrons. The second-order valence-corrected chi connectivity index (χ2v) is 11.3. The molecule has 2 aromatic carbocycles. The number of carbonyl (C=O) groups is 1. The number of carbonyl (C=O) groups excluding carboxylic acids is 1. The van der Waals surface area contributed by atoms with Crippen molar-refractivity contribution in [2.24, 2.45) is 0 Å². The zero-order chi connectivity index (χ0) is 25.6.